The van der Waals surface area contributed by atoms with Crippen molar-refractivity contribution in [2.24, 2.45) is 5.73 Å². The smallest absolute Gasteiger partial charge is 0.248 e. The molecule has 19 heavy (non-hydrogen) atoms. The summed E-state index contributed by atoms with van der Waals surface area (Å²) in [6, 6.07) is 4.89. The highest BCUT2D eigenvalue weighted by atomic mass is 16.3. The van der Waals surface area contributed by atoms with Gasteiger partial charge in [-0.25, -0.2) is 4.98 Å². The van der Waals surface area contributed by atoms with Gasteiger partial charge < -0.3 is 21.2 Å². The lowest BCUT2D eigenvalue weighted by atomic mass is 10.1. The topological polar surface area (TPSA) is 107 Å². The van der Waals surface area contributed by atoms with Crippen molar-refractivity contribution in [2.75, 3.05) is 11.1 Å². The van der Waals surface area contributed by atoms with E-state index < -0.39 is 5.91 Å². The van der Waals surface area contributed by atoms with Gasteiger partial charge in [0.1, 0.15) is 6.26 Å². The normalized spacial score (nSPS) is 10.4. The van der Waals surface area contributed by atoms with E-state index in [1.54, 1.807) is 24.5 Å². The summed E-state index contributed by atoms with van der Waals surface area (Å²) >= 11 is 0. The zero-order valence-electron chi connectivity index (χ0n) is 10.6. The van der Waals surface area contributed by atoms with Crippen LogP contribution in [0.5, 0.6) is 0 Å². The van der Waals surface area contributed by atoms with Crippen molar-refractivity contribution >= 4 is 17.3 Å². The fourth-order valence-corrected chi connectivity index (χ4v) is 1.66. The molecule has 0 saturated heterocycles. The van der Waals surface area contributed by atoms with Gasteiger partial charge in [0.2, 0.25) is 5.91 Å². The lowest BCUT2D eigenvalue weighted by Crippen LogP contribution is -2.12. The molecule has 0 bridgehead atoms. The van der Waals surface area contributed by atoms with Crippen LogP contribution in [-0.4, -0.2) is 10.9 Å². The minimum Gasteiger partial charge on any atom is -0.449 e. The first-order chi connectivity index (χ1) is 9.10. The van der Waals surface area contributed by atoms with E-state index in [1.165, 1.54) is 0 Å². The van der Waals surface area contributed by atoms with Crippen LogP contribution in [0.15, 0.2) is 28.9 Å². The van der Waals surface area contributed by atoms with Gasteiger partial charge in [-0.15, -0.1) is 0 Å². The van der Waals surface area contributed by atoms with E-state index in [4.69, 9.17) is 15.9 Å². The number of hydrogen-bond acceptors (Lipinski definition) is 5. The zero-order chi connectivity index (χ0) is 13.8. The predicted octanol–water partition coefficient (Wildman–Crippen LogP) is 1.53. The van der Waals surface area contributed by atoms with E-state index in [0.717, 1.165) is 17.8 Å². The van der Waals surface area contributed by atoms with Crippen LogP contribution in [0.4, 0.5) is 11.4 Å². The summed E-state index contributed by atoms with van der Waals surface area (Å²) < 4.78 is 5.24. The highest BCUT2D eigenvalue weighted by molar-refractivity contribution is 5.94. The first-order valence-corrected chi connectivity index (χ1v) is 5.96. The summed E-state index contributed by atoms with van der Waals surface area (Å²) in [6.45, 7) is 2.48. The maximum Gasteiger partial charge on any atom is 0.248 e. The first kappa shape index (κ1) is 12.9. The van der Waals surface area contributed by atoms with Crippen molar-refractivity contribution in [3.05, 3.63) is 41.6 Å². The Hall–Kier alpha value is -2.50. The number of carbonyl (C=O) groups is 1. The van der Waals surface area contributed by atoms with Gasteiger partial charge in [0.25, 0.3) is 0 Å². The van der Waals surface area contributed by atoms with Crippen LogP contribution in [0.25, 0.3) is 0 Å². The second-order valence-corrected chi connectivity index (χ2v) is 4.11. The summed E-state index contributed by atoms with van der Waals surface area (Å²) in [5, 5.41) is 3.13. The van der Waals surface area contributed by atoms with E-state index >= 15 is 0 Å². The number of anilines is 2. The molecule has 2 aromatic rings. The number of rotatable bonds is 5. The van der Waals surface area contributed by atoms with Gasteiger partial charge >= 0.3 is 0 Å². The molecule has 1 aromatic heterocycles. The van der Waals surface area contributed by atoms with Crippen molar-refractivity contribution < 1.29 is 9.21 Å². The molecule has 1 aromatic carbocycles. The molecular formula is C13H16N4O2. The number of nitrogens with two attached hydrogens (primary N) is 2. The SMILES string of the molecule is CCc1nc(CNc2ccc(C(N)=O)cc2N)co1. The summed E-state index contributed by atoms with van der Waals surface area (Å²) in [5.41, 5.74) is 13.4. The minimum atomic E-state index is -0.498. The molecule has 0 fully saturated rings. The second-order valence-electron chi connectivity index (χ2n) is 4.11. The van der Waals surface area contributed by atoms with Gasteiger partial charge in [-0.1, -0.05) is 6.92 Å². The van der Waals surface area contributed by atoms with Gasteiger partial charge in [0, 0.05) is 12.0 Å². The molecule has 0 spiro atoms. The molecule has 0 saturated carbocycles. The summed E-state index contributed by atoms with van der Waals surface area (Å²) in [7, 11) is 0. The fraction of sp³-hybridized carbons (Fsp3) is 0.231. The van der Waals surface area contributed by atoms with Gasteiger partial charge in [-0.05, 0) is 18.2 Å². The number of aromatic nitrogens is 1. The quantitative estimate of drug-likeness (QED) is 0.707. The van der Waals surface area contributed by atoms with Crippen LogP contribution in [0.3, 0.4) is 0 Å². The average molecular weight is 260 g/mol. The minimum absolute atomic E-state index is 0.387. The number of amides is 1. The van der Waals surface area contributed by atoms with Gasteiger partial charge in [0.15, 0.2) is 5.89 Å². The monoisotopic (exact) mass is 260 g/mol. The average Bonchev–Trinajstić information content (AvgIpc) is 2.85. The number of carbonyl (C=O) groups excluding carboxylic acids is 1. The van der Waals surface area contributed by atoms with E-state index in [1.807, 2.05) is 6.92 Å². The van der Waals surface area contributed by atoms with Crippen LogP contribution in [0.1, 0.15) is 28.9 Å². The maximum absolute atomic E-state index is 11.0. The Morgan fingerprint density at radius 2 is 2.26 bits per heavy atom. The zero-order valence-corrected chi connectivity index (χ0v) is 10.6. The van der Waals surface area contributed by atoms with Crippen molar-refractivity contribution in [3.8, 4) is 0 Å². The number of hydrogen-bond donors (Lipinski definition) is 3. The Morgan fingerprint density at radius 1 is 1.47 bits per heavy atom. The van der Waals surface area contributed by atoms with Crippen LogP contribution in [0.2, 0.25) is 0 Å². The highest BCUT2D eigenvalue weighted by Crippen LogP contribution is 2.20. The molecule has 100 valence electrons. The van der Waals surface area contributed by atoms with Crippen LogP contribution in [-0.2, 0) is 13.0 Å². The van der Waals surface area contributed by atoms with E-state index in [2.05, 4.69) is 10.3 Å². The molecule has 0 unspecified atom stereocenters. The fourth-order valence-electron chi connectivity index (χ4n) is 1.66. The first-order valence-electron chi connectivity index (χ1n) is 5.96. The standard InChI is InChI=1S/C13H16N4O2/c1-2-12-17-9(7-19-12)6-16-11-4-3-8(13(15)18)5-10(11)14/h3-5,7,16H,2,6,14H2,1H3,(H2,15,18). The molecular weight excluding hydrogens is 244 g/mol. The Kier molecular flexibility index (Phi) is 3.70. The number of nitrogen functional groups attached to an aromatic ring is 1. The van der Waals surface area contributed by atoms with E-state index in [-0.39, 0.29) is 0 Å². The Morgan fingerprint density at radius 3 is 2.84 bits per heavy atom. The van der Waals surface area contributed by atoms with Crippen LogP contribution < -0.4 is 16.8 Å². The van der Waals surface area contributed by atoms with Crippen molar-refractivity contribution in [1.29, 1.82) is 0 Å². The third-order valence-corrected chi connectivity index (χ3v) is 2.70. The van der Waals surface area contributed by atoms with E-state index in [9.17, 15) is 4.79 Å². The number of primary amides is 1. The molecule has 6 heteroatoms. The highest BCUT2D eigenvalue weighted by Gasteiger charge is 2.06. The van der Waals surface area contributed by atoms with E-state index in [0.29, 0.717) is 23.7 Å². The van der Waals surface area contributed by atoms with Gasteiger partial charge in [0.05, 0.1) is 23.6 Å². The van der Waals surface area contributed by atoms with Gasteiger partial charge in [-0.3, -0.25) is 4.79 Å². The summed E-state index contributed by atoms with van der Waals surface area (Å²) in [6.07, 6.45) is 2.37. The number of aryl methyl sites for hydroxylation is 1. The van der Waals surface area contributed by atoms with Crippen molar-refractivity contribution in [2.45, 2.75) is 19.9 Å². The van der Waals surface area contributed by atoms with Gasteiger partial charge in [-0.2, -0.15) is 0 Å². The number of nitrogens with one attached hydrogen (secondary N) is 1. The van der Waals surface area contributed by atoms with Crippen molar-refractivity contribution in [3.63, 3.8) is 0 Å². The van der Waals surface area contributed by atoms with Crippen LogP contribution >= 0.6 is 0 Å². The molecule has 0 atom stereocenters. The maximum atomic E-state index is 11.0. The molecule has 0 aliphatic carbocycles. The molecule has 0 aliphatic rings. The number of nitrogens with zero attached hydrogens (tertiary/aromatic N) is 1. The third-order valence-electron chi connectivity index (χ3n) is 2.70. The molecule has 6 nitrogen and oxygen atoms in total. The molecule has 1 heterocycles. The number of oxazole rings is 1. The lowest BCUT2D eigenvalue weighted by Gasteiger charge is -2.08. The summed E-state index contributed by atoms with van der Waals surface area (Å²) in [4.78, 5) is 15.3. The molecule has 1 amide bonds. The van der Waals surface area contributed by atoms with Crippen LogP contribution in [0, 0.1) is 0 Å². The Bertz CT molecular complexity index is 592. The largest absolute Gasteiger partial charge is 0.449 e. The molecule has 0 aliphatic heterocycles. The molecule has 2 rings (SSSR count). The number of benzene rings is 1. The second kappa shape index (κ2) is 5.43. The predicted molar refractivity (Wildman–Crippen MR) is 72.6 cm³/mol. The lowest BCUT2D eigenvalue weighted by molar-refractivity contribution is 0.100. The molecule has 0 radical (unpaired) electrons. The van der Waals surface area contributed by atoms with Crippen molar-refractivity contribution in [1.82, 2.24) is 4.98 Å². The summed E-state index contributed by atoms with van der Waals surface area (Å²) in [5.74, 6) is 0.205. The molecule has 5 N–H and O–H groups in total. The third kappa shape index (κ3) is 3.04. The Balaban J connectivity index is 2.05. The Labute approximate surface area is 110 Å².